The van der Waals surface area contributed by atoms with Crippen molar-refractivity contribution in [1.29, 1.82) is 0 Å². The number of carbonyl (C=O) groups is 1. The molecule has 0 spiro atoms. The Labute approximate surface area is 137 Å². The molecule has 23 heavy (non-hydrogen) atoms. The lowest BCUT2D eigenvalue weighted by Crippen LogP contribution is -2.47. The molecule has 1 aromatic carbocycles. The number of aliphatic hydroxyl groups excluding tert-OH is 1. The molecule has 0 bridgehead atoms. The number of aliphatic hydroxyl groups is 1. The van der Waals surface area contributed by atoms with Crippen molar-refractivity contribution in [3.05, 3.63) is 35.6 Å². The number of likely N-dealkylation sites (tertiary alicyclic amines) is 1. The number of piperidine rings is 1. The van der Waals surface area contributed by atoms with Gasteiger partial charge in [-0.15, -0.1) is 0 Å². The number of carbonyl (C=O) groups excluding carboxylic acids is 1. The Balaban J connectivity index is 1.96. The van der Waals surface area contributed by atoms with Gasteiger partial charge in [-0.2, -0.15) is 0 Å². The summed E-state index contributed by atoms with van der Waals surface area (Å²) in [6, 6.07) is 6.70. The van der Waals surface area contributed by atoms with E-state index in [1.165, 1.54) is 12.1 Å². The molecular formula is C18H27FN2O2. The highest BCUT2D eigenvalue weighted by Crippen LogP contribution is 2.19. The topological polar surface area (TPSA) is 43.8 Å². The van der Waals surface area contributed by atoms with E-state index < -0.39 is 0 Å². The monoisotopic (exact) mass is 322 g/mol. The van der Waals surface area contributed by atoms with Crippen LogP contribution in [0.4, 0.5) is 4.39 Å². The maximum atomic E-state index is 13.3. The number of hydrogen-bond donors (Lipinski definition) is 1. The summed E-state index contributed by atoms with van der Waals surface area (Å²) in [5.41, 5.74) is 0.811. The fourth-order valence-electron chi connectivity index (χ4n) is 3.25. The van der Waals surface area contributed by atoms with Gasteiger partial charge in [0.25, 0.3) is 0 Å². The molecule has 2 rings (SSSR count). The van der Waals surface area contributed by atoms with E-state index in [1.54, 1.807) is 11.0 Å². The zero-order chi connectivity index (χ0) is 16.7. The molecule has 1 saturated heterocycles. The van der Waals surface area contributed by atoms with Crippen molar-refractivity contribution in [2.45, 2.75) is 45.2 Å². The summed E-state index contributed by atoms with van der Waals surface area (Å²) in [6.07, 6.45) is 4.04. The first kappa shape index (κ1) is 17.9. The fourth-order valence-corrected chi connectivity index (χ4v) is 3.25. The largest absolute Gasteiger partial charge is 0.396 e. The molecule has 1 aromatic rings. The number of benzene rings is 1. The third-order valence-electron chi connectivity index (χ3n) is 4.55. The molecule has 5 heteroatoms. The van der Waals surface area contributed by atoms with Gasteiger partial charge < -0.3 is 10.0 Å². The zero-order valence-corrected chi connectivity index (χ0v) is 13.9. The van der Waals surface area contributed by atoms with Crippen molar-refractivity contribution < 1.29 is 14.3 Å². The number of nitrogens with zero attached hydrogens (tertiary/aromatic N) is 2. The van der Waals surface area contributed by atoms with Gasteiger partial charge in [-0.05, 0) is 50.4 Å². The van der Waals surface area contributed by atoms with E-state index in [4.69, 9.17) is 0 Å². The molecular weight excluding hydrogens is 295 g/mol. The summed E-state index contributed by atoms with van der Waals surface area (Å²) >= 11 is 0. The summed E-state index contributed by atoms with van der Waals surface area (Å²) in [5, 5.41) is 9.19. The number of rotatable bonds is 7. The van der Waals surface area contributed by atoms with Crippen LogP contribution in [-0.2, 0) is 11.3 Å². The smallest absolute Gasteiger partial charge is 0.237 e. The maximum absolute atomic E-state index is 13.3. The number of amides is 1. The highest BCUT2D eigenvalue weighted by atomic mass is 19.1. The second-order valence-electron chi connectivity index (χ2n) is 6.17. The molecule has 4 nitrogen and oxygen atoms in total. The van der Waals surface area contributed by atoms with Crippen LogP contribution in [0.15, 0.2) is 24.3 Å². The van der Waals surface area contributed by atoms with Crippen LogP contribution in [0.25, 0.3) is 0 Å². The van der Waals surface area contributed by atoms with E-state index in [0.29, 0.717) is 25.7 Å². The Morgan fingerprint density at radius 1 is 1.43 bits per heavy atom. The molecule has 0 saturated carbocycles. The van der Waals surface area contributed by atoms with Crippen LogP contribution in [0.2, 0.25) is 0 Å². The highest BCUT2D eigenvalue weighted by Gasteiger charge is 2.25. The third-order valence-corrected chi connectivity index (χ3v) is 4.55. The van der Waals surface area contributed by atoms with E-state index in [0.717, 1.165) is 37.8 Å². The van der Waals surface area contributed by atoms with Crippen molar-refractivity contribution >= 4 is 5.91 Å². The van der Waals surface area contributed by atoms with Crippen LogP contribution in [-0.4, -0.2) is 53.1 Å². The SMILES string of the molecule is CCN(Cc1cccc(F)c1)C(=O)CN1CCCCC1CCO. The van der Waals surface area contributed by atoms with E-state index >= 15 is 0 Å². The second kappa shape index (κ2) is 8.99. The van der Waals surface area contributed by atoms with Crippen LogP contribution < -0.4 is 0 Å². The zero-order valence-electron chi connectivity index (χ0n) is 13.9. The van der Waals surface area contributed by atoms with Gasteiger partial charge in [-0.1, -0.05) is 18.6 Å². The van der Waals surface area contributed by atoms with E-state index in [-0.39, 0.29) is 18.3 Å². The molecule has 1 atom stereocenters. The van der Waals surface area contributed by atoms with Crippen LogP contribution >= 0.6 is 0 Å². The minimum atomic E-state index is -0.273. The quantitative estimate of drug-likeness (QED) is 0.838. The van der Waals surface area contributed by atoms with Gasteiger partial charge in [0.05, 0.1) is 6.54 Å². The summed E-state index contributed by atoms with van der Waals surface area (Å²) in [6.45, 7) is 4.44. The predicted octanol–water partition coefficient (Wildman–Crippen LogP) is 2.41. The van der Waals surface area contributed by atoms with Crippen LogP contribution in [0.1, 0.15) is 38.2 Å². The third kappa shape index (κ3) is 5.29. The van der Waals surface area contributed by atoms with Gasteiger partial charge in [0, 0.05) is 25.7 Å². The van der Waals surface area contributed by atoms with E-state index in [2.05, 4.69) is 4.90 Å². The fraction of sp³-hybridized carbons (Fsp3) is 0.611. The van der Waals surface area contributed by atoms with Crippen LogP contribution in [0.3, 0.4) is 0 Å². The first-order valence-electron chi connectivity index (χ1n) is 8.51. The highest BCUT2D eigenvalue weighted by molar-refractivity contribution is 5.78. The van der Waals surface area contributed by atoms with E-state index in [9.17, 15) is 14.3 Å². The molecule has 0 aliphatic carbocycles. The van der Waals surface area contributed by atoms with Crippen LogP contribution in [0, 0.1) is 5.82 Å². The number of hydrogen-bond acceptors (Lipinski definition) is 3. The Kier molecular flexibility index (Phi) is 6.99. The molecule has 1 aliphatic heterocycles. The molecule has 1 heterocycles. The Morgan fingerprint density at radius 3 is 2.96 bits per heavy atom. The van der Waals surface area contributed by atoms with Crippen molar-refractivity contribution in [3.63, 3.8) is 0 Å². The number of likely N-dealkylation sites (N-methyl/N-ethyl adjacent to an activating group) is 1. The van der Waals surface area contributed by atoms with Crippen molar-refractivity contribution in [2.24, 2.45) is 0 Å². The van der Waals surface area contributed by atoms with E-state index in [1.807, 2.05) is 13.0 Å². The van der Waals surface area contributed by atoms with Gasteiger partial charge in [-0.3, -0.25) is 9.69 Å². The second-order valence-corrected chi connectivity index (χ2v) is 6.17. The first-order valence-corrected chi connectivity index (χ1v) is 8.51. The molecule has 0 aromatic heterocycles. The Morgan fingerprint density at radius 2 is 2.26 bits per heavy atom. The minimum Gasteiger partial charge on any atom is -0.396 e. The summed E-state index contributed by atoms with van der Waals surface area (Å²) in [7, 11) is 0. The lowest BCUT2D eigenvalue weighted by Gasteiger charge is -2.36. The lowest BCUT2D eigenvalue weighted by molar-refractivity contribution is -0.133. The molecule has 1 N–H and O–H groups in total. The summed E-state index contributed by atoms with van der Waals surface area (Å²) < 4.78 is 13.3. The average Bonchev–Trinajstić information content (AvgIpc) is 2.54. The van der Waals surface area contributed by atoms with Gasteiger partial charge in [0.1, 0.15) is 5.82 Å². The van der Waals surface area contributed by atoms with Crippen molar-refractivity contribution in [1.82, 2.24) is 9.80 Å². The molecule has 0 radical (unpaired) electrons. The number of halogens is 1. The maximum Gasteiger partial charge on any atom is 0.237 e. The molecule has 1 aliphatic rings. The van der Waals surface area contributed by atoms with Crippen molar-refractivity contribution in [3.8, 4) is 0 Å². The molecule has 1 fully saturated rings. The summed E-state index contributed by atoms with van der Waals surface area (Å²) in [4.78, 5) is 16.6. The molecule has 1 unspecified atom stereocenters. The normalized spacial score (nSPS) is 18.8. The minimum absolute atomic E-state index is 0.0709. The van der Waals surface area contributed by atoms with Gasteiger partial charge in [-0.25, -0.2) is 4.39 Å². The Hall–Kier alpha value is -1.46. The van der Waals surface area contributed by atoms with Gasteiger partial charge in [0.2, 0.25) is 5.91 Å². The first-order chi connectivity index (χ1) is 11.1. The van der Waals surface area contributed by atoms with Crippen molar-refractivity contribution in [2.75, 3.05) is 26.2 Å². The average molecular weight is 322 g/mol. The summed E-state index contributed by atoms with van der Waals surface area (Å²) in [5.74, 6) is -0.202. The van der Waals surface area contributed by atoms with Gasteiger partial charge >= 0.3 is 0 Å². The Bertz CT molecular complexity index is 508. The molecule has 128 valence electrons. The lowest BCUT2D eigenvalue weighted by atomic mass is 9.99. The molecule has 1 amide bonds. The van der Waals surface area contributed by atoms with Gasteiger partial charge in [0.15, 0.2) is 0 Å². The standard InChI is InChI=1S/C18H27FN2O2/c1-2-20(13-15-6-5-7-16(19)12-15)18(23)14-21-10-4-3-8-17(21)9-11-22/h5-7,12,17,22H,2-4,8-11,13-14H2,1H3. The predicted molar refractivity (Wildman–Crippen MR) is 88.4 cm³/mol. The van der Waals surface area contributed by atoms with Crippen LogP contribution in [0.5, 0.6) is 0 Å².